The van der Waals surface area contributed by atoms with E-state index in [0.717, 1.165) is 0 Å². The van der Waals surface area contributed by atoms with Crippen molar-refractivity contribution < 1.29 is 8.42 Å². The number of hydrogen-bond acceptors (Lipinski definition) is 5. The molecule has 0 spiro atoms. The molecule has 1 heterocycles. The maximum Gasteiger partial charge on any atom is 0.149 e. The van der Waals surface area contributed by atoms with Gasteiger partial charge in [-0.25, -0.2) is 13.4 Å². The molecule has 0 atom stereocenters. The maximum atomic E-state index is 11.1. The molecular weight excluding hydrogens is 240 g/mol. The van der Waals surface area contributed by atoms with Crippen LogP contribution in [0.25, 0.3) is 0 Å². The molecule has 1 aromatic rings. The van der Waals surface area contributed by atoms with Crippen molar-refractivity contribution in [1.29, 1.82) is 5.41 Å². The highest BCUT2D eigenvalue weighted by molar-refractivity contribution is 7.90. The molecule has 6 nitrogen and oxygen atoms in total. The molecule has 0 fully saturated rings. The summed E-state index contributed by atoms with van der Waals surface area (Å²) in [5.74, 6) is 0.472. The number of sulfone groups is 1. The molecule has 0 aliphatic rings. The van der Waals surface area contributed by atoms with Gasteiger partial charge in [0, 0.05) is 26.0 Å². The molecule has 0 bridgehead atoms. The van der Waals surface area contributed by atoms with Gasteiger partial charge in [-0.1, -0.05) is 0 Å². The molecule has 0 unspecified atom stereocenters. The molecule has 94 valence electrons. The molecule has 0 aliphatic carbocycles. The minimum Gasteiger partial charge on any atom is -0.384 e. The third kappa shape index (κ3) is 4.03. The van der Waals surface area contributed by atoms with Crippen LogP contribution < -0.4 is 10.6 Å². The zero-order valence-corrected chi connectivity index (χ0v) is 10.7. The fourth-order valence-electron chi connectivity index (χ4n) is 1.32. The van der Waals surface area contributed by atoms with Crippen LogP contribution in [0, 0.1) is 5.41 Å². The Bertz CT molecular complexity index is 513. The highest BCUT2D eigenvalue weighted by atomic mass is 32.2. The Morgan fingerprint density at radius 2 is 2.24 bits per heavy atom. The fraction of sp³-hybridized carbons (Fsp3) is 0.400. The summed E-state index contributed by atoms with van der Waals surface area (Å²) in [5, 5.41) is 7.42. The molecule has 0 radical (unpaired) electrons. The first-order valence-corrected chi connectivity index (χ1v) is 7.05. The van der Waals surface area contributed by atoms with E-state index in [1.54, 1.807) is 30.3 Å². The summed E-state index contributed by atoms with van der Waals surface area (Å²) >= 11 is 0. The van der Waals surface area contributed by atoms with E-state index in [0.29, 0.717) is 17.9 Å². The lowest BCUT2D eigenvalue weighted by atomic mass is 10.2. The molecule has 0 amide bonds. The highest BCUT2D eigenvalue weighted by Gasteiger charge is 2.12. The van der Waals surface area contributed by atoms with Crippen molar-refractivity contribution in [3.8, 4) is 0 Å². The summed E-state index contributed by atoms with van der Waals surface area (Å²) in [6, 6.07) is 3.37. The van der Waals surface area contributed by atoms with Gasteiger partial charge in [0.2, 0.25) is 0 Å². The third-order valence-electron chi connectivity index (χ3n) is 2.24. The third-order valence-corrected chi connectivity index (χ3v) is 3.16. The Morgan fingerprint density at radius 3 is 2.76 bits per heavy atom. The Kier molecular flexibility index (Phi) is 4.06. The predicted octanol–water partition coefficient (Wildman–Crippen LogP) is -0.154. The quantitative estimate of drug-likeness (QED) is 0.563. The van der Waals surface area contributed by atoms with E-state index in [1.807, 2.05) is 0 Å². The van der Waals surface area contributed by atoms with Crippen molar-refractivity contribution in [3.05, 3.63) is 23.9 Å². The number of anilines is 1. The summed E-state index contributed by atoms with van der Waals surface area (Å²) in [6.45, 7) is 0.316. The second kappa shape index (κ2) is 5.13. The van der Waals surface area contributed by atoms with Gasteiger partial charge in [-0.15, -0.1) is 0 Å². The average molecular weight is 256 g/mol. The highest BCUT2D eigenvalue weighted by Crippen LogP contribution is 2.14. The largest absolute Gasteiger partial charge is 0.384 e. The van der Waals surface area contributed by atoms with E-state index in [9.17, 15) is 8.42 Å². The summed E-state index contributed by atoms with van der Waals surface area (Å²) in [5.41, 5.74) is 5.94. The molecule has 3 N–H and O–H groups in total. The number of rotatable bonds is 5. The molecule has 0 aliphatic heterocycles. The van der Waals surface area contributed by atoms with Crippen LogP contribution in [0.2, 0.25) is 0 Å². The van der Waals surface area contributed by atoms with Crippen molar-refractivity contribution in [3.63, 3.8) is 0 Å². The molecule has 0 saturated carbocycles. The van der Waals surface area contributed by atoms with E-state index in [1.165, 1.54) is 6.26 Å². The van der Waals surface area contributed by atoms with E-state index >= 15 is 0 Å². The first-order chi connectivity index (χ1) is 7.81. The first kappa shape index (κ1) is 13.4. The van der Waals surface area contributed by atoms with Crippen LogP contribution in [0.3, 0.4) is 0 Å². The molecule has 1 rings (SSSR count). The number of aromatic nitrogens is 1. The zero-order chi connectivity index (χ0) is 13.1. The van der Waals surface area contributed by atoms with Gasteiger partial charge in [0.15, 0.2) is 0 Å². The monoisotopic (exact) mass is 256 g/mol. The lowest BCUT2D eigenvalue weighted by Gasteiger charge is -2.20. The number of nitrogen functional groups attached to an aromatic ring is 1. The van der Waals surface area contributed by atoms with Crippen LogP contribution in [0.15, 0.2) is 18.3 Å². The zero-order valence-electron chi connectivity index (χ0n) is 9.84. The summed E-state index contributed by atoms with van der Waals surface area (Å²) < 4.78 is 22.1. The van der Waals surface area contributed by atoms with Crippen molar-refractivity contribution >= 4 is 21.5 Å². The van der Waals surface area contributed by atoms with Gasteiger partial charge in [-0.3, -0.25) is 5.41 Å². The van der Waals surface area contributed by atoms with Gasteiger partial charge in [-0.2, -0.15) is 0 Å². The number of nitrogens with one attached hydrogen (secondary N) is 1. The average Bonchev–Trinajstić information content (AvgIpc) is 2.25. The second-order valence-electron chi connectivity index (χ2n) is 3.84. The molecule has 7 heteroatoms. The smallest absolute Gasteiger partial charge is 0.149 e. The number of nitrogens with two attached hydrogens (primary N) is 1. The molecule has 0 aromatic carbocycles. The number of hydrogen-bond donors (Lipinski definition) is 2. The first-order valence-electron chi connectivity index (χ1n) is 4.99. The molecule has 0 saturated heterocycles. The summed E-state index contributed by atoms with van der Waals surface area (Å²) in [7, 11) is -1.29. The van der Waals surface area contributed by atoms with Crippen molar-refractivity contribution in [2.24, 2.45) is 5.73 Å². The number of pyridine rings is 1. The fourth-order valence-corrected chi connectivity index (χ4v) is 1.93. The van der Waals surface area contributed by atoms with E-state index < -0.39 is 9.84 Å². The summed E-state index contributed by atoms with van der Waals surface area (Å²) in [4.78, 5) is 5.79. The Hall–Kier alpha value is -1.63. The second-order valence-corrected chi connectivity index (χ2v) is 6.10. The Balaban J connectivity index is 2.89. The van der Waals surface area contributed by atoms with Crippen molar-refractivity contribution in [2.75, 3.05) is 30.5 Å². The van der Waals surface area contributed by atoms with Crippen molar-refractivity contribution in [1.82, 2.24) is 4.98 Å². The normalized spacial score (nSPS) is 11.2. The topological polar surface area (TPSA) is 100 Å². The number of nitrogens with zero attached hydrogens (tertiary/aromatic N) is 2. The Labute approximate surface area is 101 Å². The van der Waals surface area contributed by atoms with E-state index in [-0.39, 0.29) is 11.6 Å². The van der Waals surface area contributed by atoms with E-state index in [2.05, 4.69) is 4.98 Å². The predicted molar refractivity (Wildman–Crippen MR) is 68.2 cm³/mol. The van der Waals surface area contributed by atoms with Crippen LogP contribution in [-0.2, 0) is 9.84 Å². The SMILES string of the molecule is CN(CCS(C)(=O)=O)c1ncccc1C(=N)N. The van der Waals surface area contributed by atoms with Gasteiger partial charge in [0.25, 0.3) is 0 Å². The van der Waals surface area contributed by atoms with Crippen LogP contribution in [0.1, 0.15) is 5.56 Å². The van der Waals surface area contributed by atoms with Gasteiger partial charge < -0.3 is 10.6 Å². The van der Waals surface area contributed by atoms with Crippen molar-refractivity contribution in [2.45, 2.75) is 0 Å². The van der Waals surface area contributed by atoms with Crippen LogP contribution in [-0.4, -0.2) is 44.8 Å². The van der Waals surface area contributed by atoms with Crippen LogP contribution in [0.4, 0.5) is 5.82 Å². The maximum absolute atomic E-state index is 11.1. The minimum absolute atomic E-state index is 0.0391. The van der Waals surface area contributed by atoms with E-state index in [4.69, 9.17) is 11.1 Å². The standard InChI is InChI=1S/C10H16N4O2S/c1-14(6-7-17(2,15)16)10-8(9(11)12)4-3-5-13-10/h3-5H,6-7H2,1-2H3,(H3,11,12). The lowest BCUT2D eigenvalue weighted by molar-refractivity contribution is 0.601. The van der Waals surface area contributed by atoms with Crippen LogP contribution in [0.5, 0.6) is 0 Å². The van der Waals surface area contributed by atoms with Crippen LogP contribution >= 0.6 is 0 Å². The van der Waals surface area contributed by atoms with Gasteiger partial charge >= 0.3 is 0 Å². The lowest BCUT2D eigenvalue weighted by Crippen LogP contribution is -2.28. The van der Waals surface area contributed by atoms with Gasteiger partial charge in [-0.05, 0) is 12.1 Å². The minimum atomic E-state index is -3.01. The molecule has 17 heavy (non-hydrogen) atoms. The van der Waals surface area contributed by atoms with Gasteiger partial charge in [0.1, 0.15) is 21.5 Å². The number of amidine groups is 1. The summed E-state index contributed by atoms with van der Waals surface area (Å²) in [6.07, 6.45) is 2.77. The van der Waals surface area contributed by atoms with Gasteiger partial charge in [0.05, 0.1) is 11.3 Å². The molecular formula is C10H16N4O2S. The molecule has 1 aromatic heterocycles. The Morgan fingerprint density at radius 1 is 1.59 bits per heavy atom.